The Kier molecular flexibility index (Phi) is 4.16. The fourth-order valence-electron chi connectivity index (χ4n) is 1.74. The molecule has 1 unspecified atom stereocenters. The Hall–Kier alpha value is -0.120. The topological polar surface area (TPSA) is 50.1 Å². The lowest BCUT2D eigenvalue weighted by Gasteiger charge is -2.26. The maximum Gasteiger partial charge on any atom is 0.0603 e. The van der Waals surface area contributed by atoms with Crippen LogP contribution in [0.4, 0.5) is 0 Å². The molecule has 1 rings (SSSR count). The number of hydrogen-bond donors (Lipinski definition) is 3. The van der Waals surface area contributed by atoms with Crippen LogP contribution in [-0.2, 0) is 0 Å². The van der Waals surface area contributed by atoms with Gasteiger partial charge in [-0.2, -0.15) is 0 Å². The molecule has 1 aliphatic heterocycles. The number of nitrogens with one attached hydrogen (secondary N) is 2. The predicted octanol–water partition coefficient (Wildman–Crippen LogP) is 0.803. The van der Waals surface area contributed by atoms with Crippen LogP contribution in [0.15, 0.2) is 0 Å². The molecule has 0 aliphatic carbocycles. The molecule has 0 spiro atoms. The van der Waals surface area contributed by atoms with Gasteiger partial charge in [-0.05, 0) is 46.2 Å². The normalized spacial score (nSPS) is 24.7. The zero-order chi connectivity index (χ0) is 9.73. The van der Waals surface area contributed by atoms with Crippen molar-refractivity contribution in [3.63, 3.8) is 0 Å². The summed E-state index contributed by atoms with van der Waals surface area (Å²) in [6, 6.07) is 0.712. The first-order valence-corrected chi connectivity index (χ1v) is 5.35. The van der Waals surface area contributed by atoms with Crippen LogP contribution in [0, 0.1) is 0 Å². The standard InChI is InChI=1S/C10H23N3/c1-10(2,11)13-8-6-9-5-3-4-7-12-9/h9,12-13H,3-8,11H2,1-2H3. The Bertz CT molecular complexity index is 134. The molecule has 1 atom stereocenters. The predicted molar refractivity (Wildman–Crippen MR) is 56.5 cm³/mol. The lowest BCUT2D eigenvalue weighted by atomic mass is 10.0. The van der Waals surface area contributed by atoms with E-state index in [1.807, 2.05) is 13.8 Å². The van der Waals surface area contributed by atoms with Gasteiger partial charge >= 0.3 is 0 Å². The van der Waals surface area contributed by atoms with Gasteiger partial charge in [-0.15, -0.1) is 0 Å². The van der Waals surface area contributed by atoms with Gasteiger partial charge in [-0.3, -0.25) is 5.32 Å². The van der Waals surface area contributed by atoms with E-state index in [-0.39, 0.29) is 5.66 Å². The van der Waals surface area contributed by atoms with Crippen molar-refractivity contribution in [3.8, 4) is 0 Å². The summed E-state index contributed by atoms with van der Waals surface area (Å²) in [5.74, 6) is 0. The van der Waals surface area contributed by atoms with E-state index in [1.165, 1.54) is 32.2 Å². The molecule has 3 heteroatoms. The van der Waals surface area contributed by atoms with Gasteiger partial charge in [-0.25, -0.2) is 0 Å². The van der Waals surface area contributed by atoms with Crippen molar-refractivity contribution in [1.82, 2.24) is 10.6 Å². The Balaban J connectivity index is 2.04. The Morgan fingerprint density at radius 3 is 2.77 bits per heavy atom. The zero-order valence-corrected chi connectivity index (χ0v) is 8.90. The quantitative estimate of drug-likeness (QED) is 0.568. The highest BCUT2D eigenvalue weighted by Crippen LogP contribution is 2.09. The summed E-state index contributed by atoms with van der Waals surface area (Å²) in [5, 5.41) is 6.83. The molecule has 13 heavy (non-hydrogen) atoms. The van der Waals surface area contributed by atoms with Crippen molar-refractivity contribution >= 4 is 0 Å². The Morgan fingerprint density at radius 1 is 1.46 bits per heavy atom. The van der Waals surface area contributed by atoms with Gasteiger partial charge in [0, 0.05) is 6.04 Å². The molecule has 1 saturated heterocycles. The average molecular weight is 185 g/mol. The van der Waals surface area contributed by atoms with Crippen LogP contribution in [0.1, 0.15) is 39.5 Å². The van der Waals surface area contributed by atoms with E-state index < -0.39 is 0 Å². The third kappa shape index (κ3) is 5.24. The molecule has 0 aromatic heterocycles. The van der Waals surface area contributed by atoms with Crippen molar-refractivity contribution in [2.24, 2.45) is 5.73 Å². The molecular formula is C10H23N3. The maximum absolute atomic E-state index is 5.82. The second kappa shape index (κ2) is 4.94. The summed E-state index contributed by atoms with van der Waals surface area (Å²) in [6.45, 7) is 6.21. The second-order valence-corrected chi connectivity index (χ2v) is 4.58. The van der Waals surface area contributed by atoms with E-state index in [4.69, 9.17) is 5.73 Å². The van der Waals surface area contributed by atoms with E-state index >= 15 is 0 Å². The Morgan fingerprint density at radius 2 is 2.23 bits per heavy atom. The van der Waals surface area contributed by atoms with Gasteiger partial charge in [-0.1, -0.05) is 6.42 Å². The summed E-state index contributed by atoms with van der Waals surface area (Å²) >= 11 is 0. The van der Waals surface area contributed by atoms with E-state index in [0.29, 0.717) is 6.04 Å². The number of piperidine rings is 1. The zero-order valence-electron chi connectivity index (χ0n) is 8.90. The lowest BCUT2D eigenvalue weighted by Crippen LogP contribution is -2.49. The second-order valence-electron chi connectivity index (χ2n) is 4.58. The van der Waals surface area contributed by atoms with Gasteiger partial charge in [0.15, 0.2) is 0 Å². The van der Waals surface area contributed by atoms with E-state index in [0.717, 1.165) is 6.54 Å². The third-order valence-electron chi connectivity index (χ3n) is 2.49. The molecule has 0 bridgehead atoms. The maximum atomic E-state index is 5.82. The van der Waals surface area contributed by atoms with Crippen molar-refractivity contribution in [3.05, 3.63) is 0 Å². The lowest BCUT2D eigenvalue weighted by molar-refractivity contribution is 0.342. The SMILES string of the molecule is CC(C)(N)NCCC1CCCCN1. The largest absolute Gasteiger partial charge is 0.314 e. The monoisotopic (exact) mass is 185 g/mol. The summed E-state index contributed by atoms with van der Waals surface area (Å²) in [6.07, 6.45) is 5.24. The van der Waals surface area contributed by atoms with Gasteiger partial charge in [0.2, 0.25) is 0 Å². The van der Waals surface area contributed by atoms with Crippen molar-refractivity contribution < 1.29 is 0 Å². The molecule has 78 valence electrons. The van der Waals surface area contributed by atoms with Crippen LogP contribution in [0.25, 0.3) is 0 Å². The highest BCUT2D eigenvalue weighted by Gasteiger charge is 2.13. The molecule has 3 nitrogen and oxygen atoms in total. The fraction of sp³-hybridized carbons (Fsp3) is 1.00. The van der Waals surface area contributed by atoms with E-state index in [9.17, 15) is 0 Å². The van der Waals surface area contributed by atoms with Crippen LogP contribution < -0.4 is 16.4 Å². The smallest absolute Gasteiger partial charge is 0.0603 e. The van der Waals surface area contributed by atoms with Gasteiger partial charge in [0.05, 0.1) is 5.66 Å². The summed E-state index contributed by atoms with van der Waals surface area (Å²) in [7, 11) is 0. The third-order valence-corrected chi connectivity index (χ3v) is 2.49. The molecule has 0 saturated carbocycles. The highest BCUT2D eigenvalue weighted by atomic mass is 15.1. The minimum Gasteiger partial charge on any atom is -0.314 e. The first kappa shape index (κ1) is 11.0. The number of nitrogens with two attached hydrogens (primary N) is 1. The molecule has 1 aliphatic rings. The molecule has 4 N–H and O–H groups in total. The Labute approximate surface area is 81.5 Å². The van der Waals surface area contributed by atoms with Crippen LogP contribution in [-0.4, -0.2) is 24.8 Å². The van der Waals surface area contributed by atoms with Crippen molar-refractivity contribution in [2.45, 2.75) is 51.2 Å². The fourth-order valence-corrected chi connectivity index (χ4v) is 1.74. The van der Waals surface area contributed by atoms with Crippen molar-refractivity contribution in [2.75, 3.05) is 13.1 Å². The first-order valence-electron chi connectivity index (χ1n) is 5.35. The summed E-state index contributed by atoms with van der Waals surface area (Å²) < 4.78 is 0. The average Bonchev–Trinajstić information content (AvgIpc) is 2.04. The van der Waals surface area contributed by atoms with Gasteiger partial charge < -0.3 is 11.1 Å². The summed E-state index contributed by atoms with van der Waals surface area (Å²) in [4.78, 5) is 0. The van der Waals surface area contributed by atoms with Gasteiger partial charge in [0.25, 0.3) is 0 Å². The molecule has 1 heterocycles. The van der Waals surface area contributed by atoms with E-state index in [2.05, 4.69) is 10.6 Å². The highest BCUT2D eigenvalue weighted by molar-refractivity contribution is 4.75. The number of rotatable bonds is 4. The van der Waals surface area contributed by atoms with E-state index in [1.54, 1.807) is 0 Å². The minimum absolute atomic E-state index is 0.228. The molecule has 0 radical (unpaired) electrons. The van der Waals surface area contributed by atoms with Crippen LogP contribution in [0.5, 0.6) is 0 Å². The van der Waals surface area contributed by atoms with Crippen molar-refractivity contribution in [1.29, 1.82) is 0 Å². The molecule has 0 amide bonds. The van der Waals surface area contributed by atoms with Crippen LogP contribution in [0.2, 0.25) is 0 Å². The van der Waals surface area contributed by atoms with Gasteiger partial charge in [0.1, 0.15) is 0 Å². The molecule has 0 aromatic rings. The number of hydrogen-bond acceptors (Lipinski definition) is 3. The first-order chi connectivity index (χ1) is 6.08. The summed E-state index contributed by atoms with van der Waals surface area (Å²) in [5.41, 5.74) is 5.59. The minimum atomic E-state index is -0.228. The van der Waals surface area contributed by atoms with Crippen LogP contribution in [0.3, 0.4) is 0 Å². The van der Waals surface area contributed by atoms with Crippen LogP contribution >= 0.6 is 0 Å². The molecule has 1 fully saturated rings. The molecule has 0 aromatic carbocycles. The molecular weight excluding hydrogens is 162 g/mol.